The highest BCUT2D eigenvalue weighted by atomic mass is 32.2. The number of nitrogens with zero attached hydrogens (tertiary/aromatic N) is 4. The van der Waals surface area contributed by atoms with Gasteiger partial charge in [0, 0.05) is 31.9 Å². The minimum Gasteiger partial charge on any atom is -0.506 e. The first-order chi connectivity index (χ1) is 20.5. The van der Waals surface area contributed by atoms with Crippen LogP contribution < -0.4 is 5.32 Å². The van der Waals surface area contributed by atoms with Crippen molar-refractivity contribution < 1.29 is 46.0 Å². The second-order valence-corrected chi connectivity index (χ2v) is 11.8. The van der Waals surface area contributed by atoms with E-state index >= 15 is 0 Å². The molecule has 0 saturated carbocycles. The molecule has 236 valence electrons. The second-order valence-electron chi connectivity index (χ2n) is 9.30. The lowest BCUT2D eigenvalue weighted by Gasteiger charge is -2.30. The summed E-state index contributed by atoms with van der Waals surface area (Å²) < 4.78 is 65.0. The number of amides is 1. The van der Waals surface area contributed by atoms with Gasteiger partial charge in [-0.2, -0.15) is 8.42 Å². The van der Waals surface area contributed by atoms with E-state index in [1.807, 2.05) is 12.1 Å². The highest BCUT2D eigenvalue weighted by Crippen LogP contribution is 2.25. The number of hydrogen-bond donors (Lipinski definition) is 3. The van der Waals surface area contributed by atoms with Gasteiger partial charge in [0.05, 0.1) is 18.3 Å². The molecule has 0 saturated heterocycles. The number of aromatic nitrogens is 3. The van der Waals surface area contributed by atoms with Gasteiger partial charge >= 0.3 is 8.25 Å². The zero-order chi connectivity index (χ0) is 31.4. The summed E-state index contributed by atoms with van der Waals surface area (Å²) in [6.07, 6.45) is -0.626. The number of nitrogens with one attached hydrogen (secondary N) is 1. The van der Waals surface area contributed by atoms with E-state index in [1.54, 1.807) is 36.1 Å². The molecule has 0 aliphatic rings. The Bertz CT molecular complexity index is 1430. The van der Waals surface area contributed by atoms with Crippen LogP contribution in [0.1, 0.15) is 18.9 Å². The van der Waals surface area contributed by atoms with Crippen LogP contribution in [0.25, 0.3) is 16.7 Å². The third-order valence-corrected chi connectivity index (χ3v) is 8.01. The molecule has 17 heteroatoms. The van der Waals surface area contributed by atoms with Crippen LogP contribution in [0.5, 0.6) is 5.75 Å². The van der Waals surface area contributed by atoms with E-state index in [9.17, 15) is 27.4 Å². The molecule has 3 N–H and O–H groups in total. The molecular formula is C26H37N5O10PS+. The van der Waals surface area contributed by atoms with Crippen LogP contribution >= 0.6 is 8.25 Å². The van der Waals surface area contributed by atoms with E-state index in [2.05, 4.69) is 15.5 Å². The van der Waals surface area contributed by atoms with Gasteiger partial charge in [0.15, 0.2) is 6.29 Å². The molecule has 1 heterocycles. The molecule has 43 heavy (non-hydrogen) atoms. The largest absolute Gasteiger partial charge is 0.697 e. The molecule has 1 aromatic heterocycles. The Hall–Kier alpha value is -3.08. The number of phenols is 1. The Balaban J connectivity index is 1.84. The molecule has 3 rings (SSSR count). The first kappa shape index (κ1) is 34.4. The summed E-state index contributed by atoms with van der Waals surface area (Å²) in [6.45, 7) is 2.04. The van der Waals surface area contributed by atoms with Crippen molar-refractivity contribution >= 4 is 35.3 Å². The number of fused-ring (bicyclic) bond motifs is 1. The lowest BCUT2D eigenvalue weighted by atomic mass is 10.1. The van der Waals surface area contributed by atoms with Crippen molar-refractivity contribution in [3.8, 4) is 11.4 Å². The predicted octanol–water partition coefficient (Wildman–Crippen LogP) is 2.06. The van der Waals surface area contributed by atoms with Gasteiger partial charge in [-0.15, -0.1) is 24.0 Å². The maximum atomic E-state index is 13.3. The molecule has 0 aliphatic heterocycles. The Morgan fingerprint density at radius 1 is 1.09 bits per heavy atom. The van der Waals surface area contributed by atoms with E-state index in [-0.39, 0.29) is 45.0 Å². The van der Waals surface area contributed by atoms with Crippen molar-refractivity contribution in [2.45, 2.75) is 32.1 Å². The van der Waals surface area contributed by atoms with Crippen LogP contribution in [-0.2, 0) is 44.4 Å². The number of carbonyl (C=O) groups excluding carboxylic acids is 1. The Morgan fingerprint density at radius 3 is 2.37 bits per heavy atom. The van der Waals surface area contributed by atoms with Gasteiger partial charge in [-0.3, -0.25) is 14.2 Å². The smallest absolute Gasteiger partial charge is 0.506 e. The van der Waals surface area contributed by atoms with Gasteiger partial charge in [-0.05, 0) is 49.6 Å². The third-order valence-electron chi connectivity index (χ3n) is 6.40. The van der Waals surface area contributed by atoms with Crippen LogP contribution in [0.2, 0.25) is 0 Å². The Labute approximate surface area is 250 Å². The SMILES string of the molecule is CCO[P+](=O)OCCN(CCc1ccc(O)c(-n2nc3ccccc3n2)c1)C(CCS(=O)(=O)O)C(=O)NCC(OC)OC. The normalized spacial score (nSPS) is 13.1. The maximum Gasteiger partial charge on any atom is 0.697 e. The third kappa shape index (κ3) is 10.9. The highest BCUT2D eigenvalue weighted by Gasteiger charge is 2.29. The highest BCUT2D eigenvalue weighted by molar-refractivity contribution is 7.85. The topological polar surface area (TPSA) is 192 Å². The summed E-state index contributed by atoms with van der Waals surface area (Å²) in [6, 6.07) is 11.2. The average molecular weight is 643 g/mol. The quantitative estimate of drug-likeness (QED) is 0.0979. The molecule has 0 aliphatic carbocycles. The summed E-state index contributed by atoms with van der Waals surface area (Å²) in [5.41, 5.74) is 2.41. The lowest BCUT2D eigenvalue weighted by molar-refractivity contribution is -0.132. The van der Waals surface area contributed by atoms with E-state index < -0.39 is 42.4 Å². The second kappa shape index (κ2) is 16.7. The number of hydrogen-bond acceptors (Lipinski definition) is 12. The molecule has 2 unspecified atom stereocenters. The minimum atomic E-state index is -4.39. The standard InChI is InChI=1S/C26H36N5O10PS/c1-4-40-42(34)41-15-14-30(22(12-16-43(35,36)37)26(33)27-18-25(38-2)39-3)13-11-19-9-10-24(32)23(17-19)31-28-20-7-5-6-8-21(20)29-31/h5-10,17,22,25H,4,11-16,18H2,1-3H3,(H2-,27,32,33,35,36,37)/p+1. The van der Waals surface area contributed by atoms with E-state index in [0.29, 0.717) is 23.1 Å². The van der Waals surface area contributed by atoms with Gasteiger partial charge in [0.2, 0.25) is 5.91 Å². The van der Waals surface area contributed by atoms with Gasteiger partial charge in [0.25, 0.3) is 10.1 Å². The molecule has 0 radical (unpaired) electrons. The zero-order valence-corrected chi connectivity index (χ0v) is 25.9. The molecule has 1 amide bonds. The number of methoxy groups -OCH3 is 2. The predicted molar refractivity (Wildman–Crippen MR) is 157 cm³/mol. The Morgan fingerprint density at radius 2 is 1.77 bits per heavy atom. The van der Waals surface area contributed by atoms with Gasteiger partial charge in [0.1, 0.15) is 35.7 Å². The van der Waals surface area contributed by atoms with Gasteiger partial charge in [-0.1, -0.05) is 18.2 Å². The van der Waals surface area contributed by atoms with Crippen molar-refractivity contribution in [3.05, 3.63) is 48.0 Å². The van der Waals surface area contributed by atoms with Gasteiger partial charge in [-0.25, -0.2) is 0 Å². The van der Waals surface area contributed by atoms with Crippen LogP contribution in [0.4, 0.5) is 0 Å². The van der Waals surface area contributed by atoms with Crippen molar-refractivity contribution in [2.75, 3.05) is 52.8 Å². The summed E-state index contributed by atoms with van der Waals surface area (Å²) in [7, 11) is -3.95. The number of aromatic hydroxyl groups is 1. The van der Waals surface area contributed by atoms with Crippen LogP contribution in [-0.4, -0.2) is 109 Å². The molecule has 0 spiro atoms. The van der Waals surface area contributed by atoms with Gasteiger partial charge < -0.3 is 19.9 Å². The first-order valence-corrected chi connectivity index (χ1v) is 16.1. The summed E-state index contributed by atoms with van der Waals surface area (Å²) in [4.78, 5) is 16.3. The number of ether oxygens (including phenoxy) is 2. The van der Waals surface area contributed by atoms with Crippen molar-refractivity contribution in [2.24, 2.45) is 0 Å². The molecule has 15 nitrogen and oxygen atoms in total. The van der Waals surface area contributed by atoms with Crippen molar-refractivity contribution in [3.63, 3.8) is 0 Å². The first-order valence-electron chi connectivity index (χ1n) is 13.4. The van der Waals surface area contributed by atoms with E-state index in [4.69, 9.17) is 18.5 Å². The molecule has 2 atom stereocenters. The summed E-state index contributed by atoms with van der Waals surface area (Å²) >= 11 is 0. The van der Waals surface area contributed by atoms with E-state index in [1.165, 1.54) is 25.1 Å². The van der Waals surface area contributed by atoms with E-state index in [0.717, 1.165) is 5.56 Å². The average Bonchev–Trinajstić information content (AvgIpc) is 3.40. The number of rotatable bonds is 19. The fourth-order valence-corrected chi connectivity index (χ4v) is 5.27. The van der Waals surface area contributed by atoms with Crippen LogP contribution in [0, 0.1) is 0 Å². The molecular weight excluding hydrogens is 605 g/mol. The number of benzene rings is 2. The number of phenolic OH excluding ortho intramolecular Hbond substituents is 1. The van der Waals surface area contributed by atoms with Crippen LogP contribution in [0.15, 0.2) is 42.5 Å². The zero-order valence-electron chi connectivity index (χ0n) is 24.2. The molecule has 3 aromatic rings. The van der Waals surface area contributed by atoms with Crippen molar-refractivity contribution in [1.29, 1.82) is 0 Å². The summed E-state index contributed by atoms with van der Waals surface area (Å²) in [5.74, 6) is -1.24. The molecule has 0 bridgehead atoms. The fraction of sp³-hybridized carbons (Fsp3) is 0.500. The number of carbonyl (C=O) groups is 1. The fourth-order valence-electron chi connectivity index (χ4n) is 4.23. The lowest BCUT2D eigenvalue weighted by Crippen LogP contribution is -2.51. The molecule has 2 aromatic carbocycles. The molecule has 0 fully saturated rings. The summed E-state index contributed by atoms with van der Waals surface area (Å²) in [5, 5.41) is 22.1. The van der Waals surface area contributed by atoms with Crippen LogP contribution in [0.3, 0.4) is 0 Å². The Kier molecular flexibility index (Phi) is 13.3. The maximum absolute atomic E-state index is 13.3. The van der Waals surface area contributed by atoms with Crippen molar-refractivity contribution in [1.82, 2.24) is 25.2 Å². The monoisotopic (exact) mass is 642 g/mol. The minimum absolute atomic E-state index is 0.0126.